The molecular weight excluding hydrogens is 478 g/mol. The minimum absolute atomic E-state index is 0.0240. The van der Waals surface area contributed by atoms with Crippen molar-refractivity contribution in [2.24, 2.45) is 5.92 Å². The van der Waals surface area contributed by atoms with E-state index in [4.69, 9.17) is 21.4 Å². The zero-order chi connectivity index (χ0) is 24.5. The van der Waals surface area contributed by atoms with Crippen molar-refractivity contribution in [3.63, 3.8) is 0 Å². The number of hydrogen-bond donors (Lipinski definition) is 2. The van der Waals surface area contributed by atoms with Gasteiger partial charge in [0.1, 0.15) is 23.6 Å². The molecule has 2 aromatic carbocycles. The number of nitrogens with zero attached hydrogens (tertiary/aromatic N) is 3. The fraction of sp³-hybridized carbons (Fsp3) is 0.280. The third kappa shape index (κ3) is 5.09. The highest BCUT2D eigenvalue weighted by Gasteiger charge is 2.24. The summed E-state index contributed by atoms with van der Waals surface area (Å²) < 4.78 is 34.5. The van der Waals surface area contributed by atoms with Crippen LogP contribution in [0.3, 0.4) is 0 Å². The Balaban J connectivity index is 1.27. The molecule has 1 saturated carbocycles. The first-order valence-corrected chi connectivity index (χ1v) is 11.6. The highest BCUT2D eigenvalue weighted by molar-refractivity contribution is 6.31. The average Bonchev–Trinajstić information content (AvgIpc) is 3.23. The molecule has 0 unspecified atom stereocenters. The second-order valence-electron chi connectivity index (χ2n) is 8.66. The van der Waals surface area contributed by atoms with Gasteiger partial charge in [-0.25, -0.2) is 23.7 Å². The molecule has 0 atom stereocenters. The molecule has 0 saturated heterocycles. The number of ether oxygens (including phenoxy) is 1. The number of H-pyrrole nitrogens is 1. The molecule has 1 fully saturated rings. The molecule has 0 bridgehead atoms. The second-order valence-corrected chi connectivity index (χ2v) is 9.07. The monoisotopic (exact) mass is 498 g/mol. The molecule has 4 aromatic rings. The van der Waals surface area contributed by atoms with Gasteiger partial charge in [-0.3, -0.25) is 4.79 Å². The normalized spacial score (nSPS) is 18.0. The maximum Gasteiger partial charge on any atom is 0.303 e. The number of aromatic amines is 1. The van der Waals surface area contributed by atoms with Crippen molar-refractivity contribution in [2.45, 2.75) is 38.2 Å². The van der Waals surface area contributed by atoms with E-state index < -0.39 is 17.6 Å². The average molecular weight is 499 g/mol. The number of imidazole rings is 1. The van der Waals surface area contributed by atoms with E-state index in [9.17, 15) is 13.6 Å². The van der Waals surface area contributed by atoms with Gasteiger partial charge < -0.3 is 14.8 Å². The van der Waals surface area contributed by atoms with Gasteiger partial charge >= 0.3 is 5.97 Å². The van der Waals surface area contributed by atoms with Gasteiger partial charge in [-0.2, -0.15) is 0 Å². The van der Waals surface area contributed by atoms with Gasteiger partial charge in [0.15, 0.2) is 0 Å². The Kier molecular flexibility index (Phi) is 6.34. The van der Waals surface area contributed by atoms with E-state index in [1.54, 1.807) is 12.1 Å². The molecule has 7 nitrogen and oxygen atoms in total. The number of carboxylic acids is 1. The largest absolute Gasteiger partial charge is 0.481 e. The van der Waals surface area contributed by atoms with Crippen molar-refractivity contribution < 1.29 is 23.4 Å². The molecule has 0 radical (unpaired) electrons. The van der Waals surface area contributed by atoms with Crippen LogP contribution in [0.4, 0.5) is 8.78 Å². The van der Waals surface area contributed by atoms with Crippen molar-refractivity contribution in [1.82, 2.24) is 19.9 Å². The molecule has 180 valence electrons. The lowest BCUT2D eigenvalue weighted by Gasteiger charge is -2.27. The van der Waals surface area contributed by atoms with Crippen LogP contribution in [0.5, 0.6) is 5.88 Å². The summed E-state index contributed by atoms with van der Waals surface area (Å²) in [6, 6.07) is 7.22. The van der Waals surface area contributed by atoms with Crippen LogP contribution in [0.2, 0.25) is 5.02 Å². The second kappa shape index (κ2) is 9.58. The topological polar surface area (TPSA) is 101 Å². The fourth-order valence-electron chi connectivity index (χ4n) is 4.40. The van der Waals surface area contributed by atoms with Crippen LogP contribution in [0.25, 0.3) is 33.7 Å². The van der Waals surface area contributed by atoms with Gasteiger partial charge in [-0.1, -0.05) is 17.7 Å². The first-order valence-electron chi connectivity index (χ1n) is 11.2. The van der Waals surface area contributed by atoms with Crippen LogP contribution >= 0.6 is 11.6 Å². The number of hydrogen-bond acceptors (Lipinski definition) is 5. The Morgan fingerprint density at radius 3 is 2.57 bits per heavy atom. The zero-order valence-corrected chi connectivity index (χ0v) is 19.2. The van der Waals surface area contributed by atoms with Crippen LogP contribution < -0.4 is 4.74 Å². The highest BCUT2D eigenvalue weighted by atomic mass is 35.5. The fourth-order valence-corrected chi connectivity index (χ4v) is 4.55. The summed E-state index contributed by atoms with van der Waals surface area (Å²) in [5.41, 5.74) is 2.10. The molecule has 5 rings (SSSR count). The smallest absolute Gasteiger partial charge is 0.303 e. The number of carboxylic acid groups (broad SMARTS) is 1. The summed E-state index contributed by atoms with van der Waals surface area (Å²) in [7, 11) is 0. The van der Waals surface area contributed by atoms with Crippen LogP contribution in [-0.2, 0) is 4.79 Å². The Labute approximate surface area is 204 Å². The first-order chi connectivity index (χ1) is 16.9. The van der Waals surface area contributed by atoms with Crippen LogP contribution in [0.1, 0.15) is 32.1 Å². The summed E-state index contributed by atoms with van der Waals surface area (Å²) in [6.45, 7) is 0. The Morgan fingerprint density at radius 2 is 1.89 bits per heavy atom. The standard InChI is InChI=1S/C25H21ClF2N4O3/c26-17-9-20-21(10-19(17)28)32-25(31-20)16-6-3-14(8-18(16)27)22-11-30-23(12-29-22)35-15-4-1-13(2-5-15)7-24(33)34/h3,6,8-13,15H,1-2,4-5,7H2,(H,31,32)(H,33,34). The molecule has 0 aliphatic heterocycles. The molecular formula is C25H21ClF2N4O3. The summed E-state index contributed by atoms with van der Waals surface area (Å²) in [5.74, 6) is -1.04. The van der Waals surface area contributed by atoms with Gasteiger partial charge in [0, 0.05) is 18.1 Å². The van der Waals surface area contributed by atoms with Crippen molar-refractivity contribution >= 4 is 28.6 Å². The van der Waals surface area contributed by atoms with Crippen molar-refractivity contribution in [1.29, 1.82) is 0 Å². The quantitative estimate of drug-likeness (QED) is 0.336. The summed E-state index contributed by atoms with van der Waals surface area (Å²) in [6.07, 6.45) is 6.35. The molecule has 2 N–H and O–H groups in total. The van der Waals surface area contributed by atoms with Gasteiger partial charge in [0.05, 0.1) is 39.7 Å². The van der Waals surface area contributed by atoms with E-state index >= 15 is 0 Å². The molecule has 1 aliphatic carbocycles. The SMILES string of the molecule is O=C(O)CC1CCC(Oc2cnc(-c3ccc(-c4nc5cc(Cl)c(F)cc5[nH]4)c(F)c3)cn2)CC1. The van der Waals surface area contributed by atoms with Crippen molar-refractivity contribution in [2.75, 3.05) is 0 Å². The Morgan fingerprint density at radius 1 is 1.09 bits per heavy atom. The van der Waals surface area contributed by atoms with E-state index in [2.05, 4.69) is 19.9 Å². The number of aromatic nitrogens is 4. The number of carbonyl (C=O) groups is 1. The molecule has 0 amide bonds. The third-order valence-electron chi connectivity index (χ3n) is 6.22. The van der Waals surface area contributed by atoms with E-state index in [-0.39, 0.29) is 34.9 Å². The van der Waals surface area contributed by atoms with Crippen molar-refractivity contribution in [3.8, 4) is 28.5 Å². The number of fused-ring (bicyclic) bond motifs is 1. The number of aliphatic carboxylic acids is 1. The van der Waals surface area contributed by atoms with E-state index in [0.29, 0.717) is 28.2 Å². The summed E-state index contributed by atoms with van der Waals surface area (Å²) in [4.78, 5) is 26.8. The maximum atomic E-state index is 14.9. The predicted octanol–water partition coefficient (Wildman–Crippen LogP) is 6.03. The Bertz CT molecular complexity index is 1350. The molecule has 2 aromatic heterocycles. The van der Waals surface area contributed by atoms with E-state index in [1.807, 2.05) is 0 Å². The third-order valence-corrected chi connectivity index (χ3v) is 6.51. The lowest BCUT2D eigenvalue weighted by atomic mass is 9.85. The Hall–Kier alpha value is -3.59. The van der Waals surface area contributed by atoms with Crippen LogP contribution in [0.15, 0.2) is 42.7 Å². The van der Waals surface area contributed by atoms with Crippen LogP contribution in [0, 0.1) is 17.6 Å². The van der Waals surface area contributed by atoms with Crippen molar-refractivity contribution in [3.05, 3.63) is 59.4 Å². The molecule has 10 heteroatoms. The van der Waals surface area contributed by atoms with Gasteiger partial charge in [0.25, 0.3) is 0 Å². The maximum absolute atomic E-state index is 14.9. The molecule has 35 heavy (non-hydrogen) atoms. The van der Waals surface area contributed by atoms with Crippen LogP contribution in [-0.4, -0.2) is 37.1 Å². The molecule has 0 spiro atoms. The lowest BCUT2D eigenvalue weighted by molar-refractivity contribution is -0.138. The number of benzene rings is 2. The lowest BCUT2D eigenvalue weighted by Crippen LogP contribution is -2.25. The minimum atomic E-state index is -0.766. The van der Waals surface area contributed by atoms with Gasteiger partial charge in [-0.15, -0.1) is 0 Å². The van der Waals surface area contributed by atoms with E-state index in [0.717, 1.165) is 25.7 Å². The summed E-state index contributed by atoms with van der Waals surface area (Å²) >= 11 is 5.81. The van der Waals surface area contributed by atoms with E-state index in [1.165, 1.54) is 30.6 Å². The first kappa shape index (κ1) is 23.2. The number of halogens is 3. The molecule has 2 heterocycles. The minimum Gasteiger partial charge on any atom is -0.481 e. The van der Waals surface area contributed by atoms with Gasteiger partial charge in [0.2, 0.25) is 5.88 Å². The zero-order valence-electron chi connectivity index (χ0n) is 18.5. The summed E-state index contributed by atoms with van der Waals surface area (Å²) in [5, 5.41) is 8.88. The number of rotatable bonds is 6. The predicted molar refractivity (Wildman–Crippen MR) is 126 cm³/mol. The highest BCUT2D eigenvalue weighted by Crippen LogP contribution is 2.31. The molecule has 1 aliphatic rings. The number of nitrogens with one attached hydrogen (secondary N) is 1. The van der Waals surface area contributed by atoms with Gasteiger partial charge in [-0.05, 0) is 49.8 Å².